The molecule has 2 fully saturated rings. The number of amides is 1. The molecule has 1 amide bonds. The number of benzene rings is 1. The number of nitrogens with zero attached hydrogens (tertiary/aromatic N) is 1. The summed E-state index contributed by atoms with van der Waals surface area (Å²) in [7, 11) is 0. The van der Waals surface area contributed by atoms with Gasteiger partial charge in [-0.1, -0.05) is 43.7 Å². The van der Waals surface area contributed by atoms with Crippen LogP contribution in [0.15, 0.2) is 24.3 Å². The maximum Gasteiger partial charge on any atom is 0.416 e. The summed E-state index contributed by atoms with van der Waals surface area (Å²) in [4.78, 5) is 13.2. The third-order valence-electron chi connectivity index (χ3n) is 7.39. The van der Waals surface area contributed by atoms with Crippen molar-refractivity contribution in [1.82, 2.24) is 9.88 Å². The van der Waals surface area contributed by atoms with Crippen molar-refractivity contribution in [3.05, 3.63) is 46.1 Å². The smallest absolute Gasteiger partial charge is 0.391 e. The highest BCUT2D eigenvalue weighted by Crippen LogP contribution is 2.38. The first-order valence-corrected chi connectivity index (χ1v) is 12.6. The fourth-order valence-corrected chi connectivity index (χ4v) is 5.60. The van der Waals surface area contributed by atoms with Crippen LogP contribution < -0.4 is 5.32 Å². The molecule has 2 aliphatic rings. The second-order valence-corrected chi connectivity index (χ2v) is 10.2. The van der Waals surface area contributed by atoms with Crippen LogP contribution in [0.1, 0.15) is 79.4 Å². The second-order valence-electron chi connectivity index (χ2n) is 9.77. The fourth-order valence-electron chi connectivity index (χ4n) is 5.39. The van der Waals surface area contributed by atoms with Crippen LogP contribution in [-0.4, -0.2) is 27.7 Å². The Hall–Kier alpha value is -1.99. The lowest BCUT2D eigenvalue weighted by Gasteiger charge is -2.28. The molecule has 2 aromatic rings. The van der Waals surface area contributed by atoms with Crippen LogP contribution in [0, 0.1) is 12.8 Å². The Morgan fingerprint density at radius 3 is 2.44 bits per heavy atom. The fraction of sp³-hybridized carbons (Fsp3) is 0.577. The van der Waals surface area contributed by atoms with Crippen LogP contribution in [0.25, 0.3) is 11.3 Å². The molecular weight excluding hydrogens is 465 g/mol. The van der Waals surface area contributed by atoms with Gasteiger partial charge in [0.25, 0.3) is 5.91 Å². The first kappa shape index (κ1) is 25.1. The Labute approximate surface area is 203 Å². The summed E-state index contributed by atoms with van der Waals surface area (Å²) in [6.07, 6.45) is 3.74. The van der Waals surface area contributed by atoms with Crippen molar-refractivity contribution in [3.63, 3.8) is 0 Å². The third kappa shape index (κ3) is 5.46. The molecule has 0 bridgehead atoms. The number of carbonyl (C=O) groups is 1. The van der Waals surface area contributed by atoms with Gasteiger partial charge in [-0.3, -0.25) is 4.79 Å². The van der Waals surface area contributed by atoms with Gasteiger partial charge in [-0.2, -0.15) is 13.2 Å². The molecule has 4 rings (SSSR count). The van der Waals surface area contributed by atoms with Gasteiger partial charge in [0.05, 0.1) is 29.0 Å². The highest BCUT2D eigenvalue weighted by molar-refractivity contribution is 6.33. The second kappa shape index (κ2) is 10.3. The Kier molecular flexibility index (Phi) is 7.63. The van der Waals surface area contributed by atoms with E-state index in [1.54, 1.807) is 6.07 Å². The van der Waals surface area contributed by atoms with E-state index in [4.69, 9.17) is 11.6 Å². The van der Waals surface area contributed by atoms with Crippen LogP contribution >= 0.6 is 11.6 Å². The Balaban J connectivity index is 1.73. The molecule has 2 N–H and O–H groups in total. The highest BCUT2D eigenvalue weighted by atomic mass is 35.5. The Morgan fingerprint density at radius 2 is 1.76 bits per heavy atom. The minimum atomic E-state index is -4.49. The summed E-state index contributed by atoms with van der Waals surface area (Å²) in [6.45, 7) is 2.47. The molecule has 0 spiro atoms. The average Bonchev–Trinajstić information content (AvgIpc) is 3.11. The zero-order chi connectivity index (χ0) is 24.5. The average molecular weight is 497 g/mol. The van der Waals surface area contributed by atoms with Gasteiger partial charge >= 0.3 is 6.18 Å². The van der Waals surface area contributed by atoms with Crippen molar-refractivity contribution in [1.29, 1.82) is 0 Å². The summed E-state index contributed by atoms with van der Waals surface area (Å²) in [5, 5.41) is 13.5. The van der Waals surface area contributed by atoms with Crippen LogP contribution in [0.2, 0.25) is 5.02 Å². The molecule has 0 radical (unpaired) electrons. The number of aliphatic hydroxyl groups excluding tert-OH is 1. The third-order valence-corrected chi connectivity index (χ3v) is 7.72. The number of hydrogen-bond acceptors (Lipinski definition) is 2. The normalized spacial score (nSPS) is 22.1. The van der Waals surface area contributed by atoms with Crippen molar-refractivity contribution in [3.8, 4) is 11.3 Å². The topological polar surface area (TPSA) is 54.3 Å². The van der Waals surface area contributed by atoms with Crippen LogP contribution in [0.3, 0.4) is 0 Å². The molecule has 1 heterocycles. The molecule has 1 aromatic heterocycles. The van der Waals surface area contributed by atoms with E-state index >= 15 is 0 Å². The highest BCUT2D eigenvalue weighted by Gasteiger charge is 2.32. The lowest BCUT2D eigenvalue weighted by molar-refractivity contribution is -0.137. The van der Waals surface area contributed by atoms with Crippen LogP contribution in [-0.2, 0) is 12.7 Å². The maximum absolute atomic E-state index is 13.5. The zero-order valence-corrected chi connectivity index (χ0v) is 20.2. The molecule has 186 valence electrons. The van der Waals surface area contributed by atoms with E-state index in [0.29, 0.717) is 42.3 Å². The van der Waals surface area contributed by atoms with Crippen molar-refractivity contribution in [2.45, 2.75) is 89.6 Å². The van der Waals surface area contributed by atoms with Gasteiger partial charge in [-0.05, 0) is 62.8 Å². The van der Waals surface area contributed by atoms with E-state index in [0.717, 1.165) is 50.7 Å². The number of hydrogen-bond donors (Lipinski definition) is 2. The Bertz CT molecular complexity index is 1030. The van der Waals surface area contributed by atoms with Gasteiger partial charge in [-0.15, -0.1) is 0 Å². The molecule has 2 aliphatic carbocycles. The first-order chi connectivity index (χ1) is 16.1. The molecule has 2 saturated carbocycles. The molecule has 0 unspecified atom stereocenters. The van der Waals surface area contributed by atoms with E-state index in [1.807, 2.05) is 11.5 Å². The molecule has 0 aliphatic heterocycles. The van der Waals surface area contributed by atoms with E-state index in [1.165, 1.54) is 12.5 Å². The lowest BCUT2D eigenvalue weighted by Crippen LogP contribution is -2.45. The van der Waals surface area contributed by atoms with Crippen molar-refractivity contribution in [2.24, 2.45) is 5.92 Å². The summed E-state index contributed by atoms with van der Waals surface area (Å²) >= 11 is 6.40. The predicted molar refractivity (Wildman–Crippen MR) is 127 cm³/mol. The number of aliphatic hydroxyl groups is 1. The maximum atomic E-state index is 13.5. The van der Waals surface area contributed by atoms with Crippen molar-refractivity contribution < 1.29 is 23.1 Å². The van der Waals surface area contributed by atoms with Gasteiger partial charge in [0.15, 0.2) is 0 Å². The molecule has 1 aromatic carbocycles. The van der Waals surface area contributed by atoms with E-state index in [-0.39, 0.29) is 22.5 Å². The van der Waals surface area contributed by atoms with Crippen molar-refractivity contribution in [2.75, 3.05) is 0 Å². The zero-order valence-electron chi connectivity index (χ0n) is 19.4. The largest absolute Gasteiger partial charge is 0.416 e. The van der Waals surface area contributed by atoms with E-state index in [2.05, 4.69) is 5.32 Å². The van der Waals surface area contributed by atoms with Gasteiger partial charge < -0.3 is 15.0 Å². The van der Waals surface area contributed by atoms with Gasteiger partial charge in [-0.25, -0.2) is 0 Å². The molecule has 4 nitrogen and oxygen atoms in total. The van der Waals surface area contributed by atoms with E-state index in [9.17, 15) is 23.1 Å². The monoisotopic (exact) mass is 496 g/mol. The van der Waals surface area contributed by atoms with Gasteiger partial charge in [0.2, 0.25) is 0 Å². The summed E-state index contributed by atoms with van der Waals surface area (Å²) < 4.78 is 42.3. The SMILES string of the molecule is Cc1c(C(=O)N[C@@H]2CCCC[C@H]2O)cc(-c2cc(C(F)(F)F)ccc2Cl)n1CC1CCCCC1. The lowest BCUT2D eigenvalue weighted by atomic mass is 9.89. The molecular formula is C26H32ClF3N2O2. The Morgan fingerprint density at radius 1 is 1.09 bits per heavy atom. The minimum Gasteiger partial charge on any atom is -0.391 e. The first-order valence-electron chi connectivity index (χ1n) is 12.2. The number of carbonyl (C=O) groups excluding carboxylic acids is 1. The standard InChI is InChI=1S/C26H32ClF3N2O2/c1-16-19(25(34)31-22-9-5-6-10-24(22)33)14-23(32(16)15-17-7-3-2-4-8-17)20-13-18(26(28,29)30)11-12-21(20)27/h11-14,17,22,24,33H,2-10,15H2,1H3,(H,31,34)/t22-,24-/m1/s1. The van der Waals surface area contributed by atoms with Crippen LogP contribution in [0.5, 0.6) is 0 Å². The summed E-state index contributed by atoms with van der Waals surface area (Å²) in [5.41, 5.74) is 1.14. The van der Waals surface area contributed by atoms with Crippen LogP contribution in [0.4, 0.5) is 13.2 Å². The van der Waals surface area contributed by atoms with Crippen molar-refractivity contribution >= 4 is 17.5 Å². The molecule has 2 atom stereocenters. The number of rotatable bonds is 5. The minimum absolute atomic E-state index is 0.213. The van der Waals surface area contributed by atoms with Gasteiger partial charge in [0, 0.05) is 22.8 Å². The number of halogens is 4. The predicted octanol–water partition coefficient (Wildman–Crippen LogP) is 6.75. The summed E-state index contributed by atoms with van der Waals surface area (Å²) in [6, 6.07) is 4.66. The molecule has 34 heavy (non-hydrogen) atoms. The van der Waals surface area contributed by atoms with E-state index < -0.39 is 17.8 Å². The quantitative estimate of drug-likeness (QED) is 0.481. The molecule has 0 saturated heterocycles. The number of alkyl halides is 3. The van der Waals surface area contributed by atoms with Gasteiger partial charge in [0.1, 0.15) is 0 Å². The summed E-state index contributed by atoms with van der Waals surface area (Å²) in [5.74, 6) is 0.0921. The number of nitrogens with one attached hydrogen (secondary N) is 1. The molecule has 8 heteroatoms. The number of aromatic nitrogens is 1.